The number of hydrogen-bond acceptors (Lipinski definition) is 4. The van der Waals surface area contributed by atoms with Crippen molar-refractivity contribution in [3.05, 3.63) is 106 Å². The van der Waals surface area contributed by atoms with Crippen LogP contribution in [-0.2, 0) is 12.8 Å². The standard InChI is InChI=1S/C23H19N4O3.6ClH.Sb/c28-27(29)19-12-10-18(11-13-19)25-23(16-17-6-2-1-3-7-17)24-22-14-15-30-21-9-5-4-8-20(21)26(22)25;;;;;;;/h1-13H,14-16H2;6*1H;/q+1;;;;;;;+5/p-6. The van der Waals surface area contributed by atoms with Crippen LogP contribution in [0.5, 0.6) is 5.75 Å². The van der Waals surface area contributed by atoms with Gasteiger partial charge >= 0.3 is 67.9 Å². The topological polar surface area (TPSA) is 74.1 Å². The Bertz CT molecular complexity index is 1430. The molecule has 0 fully saturated rings. The summed E-state index contributed by atoms with van der Waals surface area (Å²) in [7, 11) is 25.0. The molecule has 37 heavy (non-hydrogen) atoms. The van der Waals surface area contributed by atoms with Gasteiger partial charge in [0.25, 0.3) is 11.5 Å². The molecular formula is C23H19Cl6N4O3Sb. The van der Waals surface area contributed by atoms with E-state index in [9.17, 15) is 10.1 Å². The van der Waals surface area contributed by atoms with Crippen molar-refractivity contribution in [2.24, 2.45) is 0 Å². The average molecular weight is 734 g/mol. The summed E-state index contributed by atoms with van der Waals surface area (Å²) in [6, 6.07) is 24.6. The quantitative estimate of drug-likeness (QED) is 0.0953. The van der Waals surface area contributed by atoms with Gasteiger partial charge in [-0.15, -0.1) is 9.36 Å². The van der Waals surface area contributed by atoms with Gasteiger partial charge in [-0.1, -0.05) is 42.5 Å². The zero-order valence-electron chi connectivity index (χ0n) is 18.9. The number of rotatable bonds is 4. The summed E-state index contributed by atoms with van der Waals surface area (Å²) in [5.41, 5.74) is 2.91. The van der Waals surface area contributed by atoms with Crippen LogP contribution < -0.4 is 9.42 Å². The van der Waals surface area contributed by atoms with Crippen LogP contribution in [-0.4, -0.2) is 30.3 Å². The number of nitro groups is 1. The van der Waals surface area contributed by atoms with Crippen LogP contribution in [0.3, 0.4) is 0 Å². The van der Waals surface area contributed by atoms with Gasteiger partial charge in [-0.05, 0) is 34.8 Å². The molecule has 0 saturated carbocycles. The van der Waals surface area contributed by atoms with E-state index in [1.54, 1.807) is 12.1 Å². The first-order chi connectivity index (χ1) is 17.2. The van der Waals surface area contributed by atoms with Gasteiger partial charge in [-0.2, -0.15) is 0 Å². The van der Waals surface area contributed by atoms with E-state index in [0.29, 0.717) is 19.4 Å². The van der Waals surface area contributed by atoms with Crippen molar-refractivity contribution in [3.63, 3.8) is 0 Å². The third-order valence-electron chi connectivity index (χ3n) is 5.13. The molecule has 0 bridgehead atoms. The first-order valence-electron chi connectivity index (χ1n) is 10.8. The minimum absolute atomic E-state index is 0.0586. The average Bonchev–Trinajstić information content (AvgIpc) is 3.05. The number of benzene rings is 3. The van der Waals surface area contributed by atoms with E-state index in [4.69, 9.17) is 62.7 Å². The Kier molecular flexibility index (Phi) is 7.93. The molecule has 1 aliphatic heterocycles. The fourth-order valence-corrected chi connectivity index (χ4v) is 3.76. The second-order valence-electron chi connectivity index (χ2n) is 8.03. The number of fused-ring (bicyclic) bond motifs is 3. The predicted octanol–water partition coefficient (Wildman–Crippen LogP) is 7.34. The second kappa shape index (κ2) is 10.3. The zero-order valence-corrected chi connectivity index (χ0v) is 25.9. The van der Waals surface area contributed by atoms with Crippen LogP contribution in [0.2, 0.25) is 0 Å². The molecule has 14 heteroatoms. The van der Waals surface area contributed by atoms with Gasteiger partial charge in [0.1, 0.15) is 6.61 Å². The van der Waals surface area contributed by atoms with Crippen LogP contribution in [0.25, 0.3) is 11.4 Å². The number of nitro benzene ring substituents is 1. The molecule has 0 unspecified atom stereocenters. The molecule has 0 atom stereocenters. The number of halogens is 6. The van der Waals surface area contributed by atoms with E-state index in [2.05, 4.69) is 16.8 Å². The first-order valence-corrected chi connectivity index (χ1v) is 30.2. The SMILES string of the molecule is O=[N+]([O-])c1ccc(-n2c(Cc3ccccc3)nc3[n+]2-c2ccccc2OCC3)cc1.[Cl][Sb-]([Cl])([Cl])([Cl])([Cl])[Cl]. The molecule has 3 aromatic carbocycles. The number of hydrogen-bond donors (Lipinski definition) is 0. The van der Waals surface area contributed by atoms with E-state index >= 15 is 0 Å². The number of para-hydroxylation sites is 2. The van der Waals surface area contributed by atoms with E-state index in [-0.39, 0.29) is 10.6 Å². The van der Waals surface area contributed by atoms with Gasteiger partial charge < -0.3 is 4.74 Å². The maximum absolute atomic E-state index is 11.1. The van der Waals surface area contributed by atoms with Crippen LogP contribution in [0.15, 0.2) is 78.9 Å². The normalized spacial score (nSPS) is 14.4. The Balaban J connectivity index is 0.000000405. The van der Waals surface area contributed by atoms with Crippen molar-refractivity contribution in [2.45, 2.75) is 12.8 Å². The van der Waals surface area contributed by atoms with Crippen LogP contribution in [0.4, 0.5) is 5.69 Å². The fraction of sp³-hybridized carbons (Fsp3) is 0.130. The number of aromatic nitrogens is 3. The molecule has 0 saturated heterocycles. The summed E-state index contributed by atoms with van der Waals surface area (Å²) in [4.78, 5) is 15.7. The molecule has 196 valence electrons. The van der Waals surface area contributed by atoms with Crippen molar-refractivity contribution in [3.8, 4) is 17.1 Å². The van der Waals surface area contributed by atoms with Crippen molar-refractivity contribution >= 4 is 67.8 Å². The molecule has 0 amide bonds. The van der Waals surface area contributed by atoms with Crippen molar-refractivity contribution in [1.82, 2.24) is 9.67 Å². The molecule has 4 aromatic rings. The fourth-order valence-electron chi connectivity index (χ4n) is 3.76. The summed E-state index contributed by atoms with van der Waals surface area (Å²) < 4.78 is 10.0. The minimum atomic E-state index is -5.42. The summed E-state index contributed by atoms with van der Waals surface area (Å²) >= 11 is 0. The number of ether oxygens (including phenoxy) is 1. The van der Waals surface area contributed by atoms with Gasteiger partial charge in [0, 0.05) is 12.1 Å². The molecule has 1 aromatic heterocycles. The number of nitrogens with zero attached hydrogens (tertiary/aromatic N) is 4. The van der Waals surface area contributed by atoms with Crippen LogP contribution >= 0.6 is 53.0 Å². The summed E-state index contributed by atoms with van der Waals surface area (Å²) in [5, 5.41) is 11.1. The van der Waals surface area contributed by atoms with Crippen molar-refractivity contribution in [2.75, 3.05) is 6.61 Å². The summed E-state index contributed by atoms with van der Waals surface area (Å²) in [5.74, 6) is 2.54. The molecule has 1 aliphatic rings. The molecule has 2 heterocycles. The molecule has 0 aliphatic carbocycles. The van der Waals surface area contributed by atoms with Crippen molar-refractivity contribution in [1.29, 1.82) is 0 Å². The van der Waals surface area contributed by atoms with Gasteiger partial charge in [-0.25, -0.2) is 0 Å². The van der Waals surface area contributed by atoms with Crippen molar-refractivity contribution < 1.29 is 14.3 Å². The van der Waals surface area contributed by atoms with E-state index in [1.807, 2.05) is 47.1 Å². The Hall–Kier alpha value is -1.44. The second-order valence-corrected chi connectivity index (χ2v) is 64.9. The van der Waals surface area contributed by atoms with E-state index in [1.165, 1.54) is 12.1 Å². The van der Waals surface area contributed by atoms with E-state index in [0.717, 1.165) is 34.3 Å². The van der Waals surface area contributed by atoms with Gasteiger partial charge in [-0.3, -0.25) is 10.1 Å². The Morgan fingerprint density at radius 1 is 0.919 bits per heavy atom. The third kappa shape index (κ3) is 8.52. The Morgan fingerprint density at radius 3 is 2.14 bits per heavy atom. The Labute approximate surface area is 232 Å². The molecule has 0 N–H and O–H groups in total. The van der Waals surface area contributed by atoms with Gasteiger partial charge in [0.05, 0.1) is 23.5 Å². The van der Waals surface area contributed by atoms with Crippen LogP contribution in [0, 0.1) is 10.1 Å². The molecular weight excluding hydrogens is 715 g/mol. The zero-order chi connectivity index (χ0) is 26.9. The summed E-state index contributed by atoms with van der Waals surface area (Å²) in [6.45, 7) is 0.541. The molecule has 0 spiro atoms. The summed E-state index contributed by atoms with van der Waals surface area (Å²) in [6.07, 6.45) is 1.30. The molecule has 0 radical (unpaired) electrons. The van der Waals surface area contributed by atoms with Crippen LogP contribution in [0.1, 0.15) is 17.2 Å². The first kappa shape index (κ1) is 28.6. The van der Waals surface area contributed by atoms with Gasteiger partial charge in [0.15, 0.2) is 11.4 Å². The third-order valence-corrected chi connectivity index (χ3v) is 5.13. The molecule has 7 nitrogen and oxygen atoms in total. The van der Waals surface area contributed by atoms with Gasteiger partial charge in [0.2, 0.25) is 0 Å². The monoisotopic (exact) mass is 730 g/mol. The predicted molar refractivity (Wildman–Crippen MR) is 151 cm³/mol. The Morgan fingerprint density at radius 2 is 1.51 bits per heavy atom. The van der Waals surface area contributed by atoms with E-state index < -0.39 is 9.14 Å². The molecule has 5 rings (SSSR count). The number of non-ortho nitro benzene ring substituents is 1. The maximum atomic E-state index is 11.1.